The maximum Gasteiger partial charge on any atom is 0.250 e. The van der Waals surface area contributed by atoms with Crippen molar-refractivity contribution in [2.45, 2.75) is 6.42 Å². The number of amides is 1. The lowest BCUT2D eigenvalue weighted by atomic mass is 10.1. The Hall–Kier alpha value is -1.75. The fraction of sp³-hybridized carbons (Fsp3) is 0.417. The molecule has 17 heavy (non-hydrogen) atoms. The van der Waals surface area contributed by atoms with Crippen LogP contribution in [0, 0.1) is 5.92 Å². The standard InChI is InChI=1S/C12H16N2O3/c13-11-2-1-9(5-10(11)12(14)15)17-7-8-3-4-16-6-8/h1-2,5,8H,3-4,6-7,13H2,(H2,14,15). The smallest absolute Gasteiger partial charge is 0.250 e. The molecule has 5 heteroatoms. The number of carbonyl (C=O) groups is 1. The predicted molar refractivity (Wildman–Crippen MR) is 63.8 cm³/mol. The molecule has 1 aliphatic heterocycles. The Morgan fingerprint density at radius 1 is 1.53 bits per heavy atom. The van der Waals surface area contributed by atoms with E-state index in [2.05, 4.69) is 0 Å². The van der Waals surface area contributed by atoms with E-state index < -0.39 is 5.91 Å². The first-order chi connectivity index (χ1) is 8.16. The SMILES string of the molecule is NC(=O)c1cc(OCC2CCOC2)ccc1N. The summed E-state index contributed by atoms with van der Waals surface area (Å²) in [5, 5.41) is 0. The number of nitrogen functional groups attached to an aromatic ring is 1. The number of rotatable bonds is 4. The van der Waals surface area contributed by atoms with E-state index in [0.29, 0.717) is 29.5 Å². The van der Waals surface area contributed by atoms with Crippen LogP contribution in [0.5, 0.6) is 5.75 Å². The molecule has 0 radical (unpaired) electrons. The topological polar surface area (TPSA) is 87.6 Å². The van der Waals surface area contributed by atoms with E-state index >= 15 is 0 Å². The number of anilines is 1. The number of benzene rings is 1. The Morgan fingerprint density at radius 2 is 2.35 bits per heavy atom. The van der Waals surface area contributed by atoms with Gasteiger partial charge in [0.05, 0.1) is 18.8 Å². The van der Waals surface area contributed by atoms with Crippen LogP contribution in [0.3, 0.4) is 0 Å². The first kappa shape index (κ1) is 11.7. The molecule has 1 saturated heterocycles. The highest BCUT2D eigenvalue weighted by molar-refractivity contribution is 5.98. The second kappa shape index (κ2) is 5.05. The summed E-state index contributed by atoms with van der Waals surface area (Å²) in [5.74, 6) is 0.488. The van der Waals surface area contributed by atoms with Crippen molar-refractivity contribution in [1.82, 2.24) is 0 Å². The summed E-state index contributed by atoms with van der Waals surface area (Å²) in [6.07, 6.45) is 1.01. The first-order valence-corrected chi connectivity index (χ1v) is 5.56. The summed E-state index contributed by atoms with van der Waals surface area (Å²) >= 11 is 0. The van der Waals surface area contributed by atoms with E-state index in [1.807, 2.05) is 0 Å². The van der Waals surface area contributed by atoms with Gasteiger partial charge < -0.3 is 20.9 Å². The number of hydrogen-bond donors (Lipinski definition) is 2. The monoisotopic (exact) mass is 236 g/mol. The Bertz CT molecular complexity index is 414. The number of carbonyl (C=O) groups excluding carboxylic acids is 1. The molecule has 0 saturated carbocycles. The minimum Gasteiger partial charge on any atom is -0.493 e. The molecule has 2 rings (SSSR count). The molecule has 0 spiro atoms. The zero-order valence-electron chi connectivity index (χ0n) is 9.52. The van der Waals surface area contributed by atoms with Crippen LogP contribution >= 0.6 is 0 Å². The fourth-order valence-corrected chi connectivity index (χ4v) is 1.77. The van der Waals surface area contributed by atoms with Gasteiger partial charge in [0.1, 0.15) is 5.75 Å². The maximum absolute atomic E-state index is 11.1. The number of hydrogen-bond acceptors (Lipinski definition) is 4. The van der Waals surface area contributed by atoms with Gasteiger partial charge in [-0.15, -0.1) is 0 Å². The van der Waals surface area contributed by atoms with Gasteiger partial charge in [-0.05, 0) is 24.6 Å². The lowest BCUT2D eigenvalue weighted by Crippen LogP contribution is -2.15. The predicted octanol–water partition coefficient (Wildman–Crippen LogP) is 0.783. The first-order valence-electron chi connectivity index (χ1n) is 5.56. The molecule has 1 amide bonds. The Labute approximate surface area is 99.7 Å². The summed E-state index contributed by atoms with van der Waals surface area (Å²) in [6.45, 7) is 2.11. The van der Waals surface area contributed by atoms with E-state index in [-0.39, 0.29) is 0 Å². The van der Waals surface area contributed by atoms with Gasteiger partial charge in [-0.3, -0.25) is 4.79 Å². The minimum atomic E-state index is -0.544. The number of nitrogens with two attached hydrogens (primary N) is 2. The van der Waals surface area contributed by atoms with Gasteiger partial charge in [-0.1, -0.05) is 0 Å². The third-order valence-electron chi connectivity index (χ3n) is 2.80. The molecule has 1 heterocycles. The third-order valence-corrected chi connectivity index (χ3v) is 2.80. The molecule has 4 N–H and O–H groups in total. The average Bonchev–Trinajstić information content (AvgIpc) is 2.80. The Morgan fingerprint density at radius 3 is 3.00 bits per heavy atom. The van der Waals surface area contributed by atoms with Gasteiger partial charge in [0.2, 0.25) is 0 Å². The molecule has 5 nitrogen and oxygen atoms in total. The molecule has 1 fully saturated rings. The highest BCUT2D eigenvalue weighted by Crippen LogP contribution is 2.21. The molecule has 0 aliphatic carbocycles. The van der Waals surface area contributed by atoms with E-state index in [9.17, 15) is 4.79 Å². The van der Waals surface area contributed by atoms with Gasteiger partial charge in [-0.2, -0.15) is 0 Å². The minimum absolute atomic E-state index is 0.296. The fourth-order valence-electron chi connectivity index (χ4n) is 1.77. The van der Waals surface area contributed by atoms with Crippen molar-refractivity contribution < 1.29 is 14.3 Å². The van der Waals surface area contributed by atoms with Crippen LogP contribution in [-0.2, 0) is 4.74 Å². The van der Waals surface area contributed by atoms with E-state index in [1.165, 1.54) is 0 Å². The highest BCUT2D eigenvalue weighted by Gasteiger charge is 2.16. The zero-order chi connectivity index (χ0) is 12.3. The number of primary amides is 1. The maximum atomic E-state index is 11.1. The molecule has 1 unspecified atom stereocenters. The summed E-state index contributed by atoms with van der Waals surface area (Å²) < 4.78 is 10.8. The van der Waals surface area contributed by atoms with Crippen molar-refractivity contribution in [2.24, 2.45) is 11.7 Å². The Balaban J connectivity index is 2.00. The van der Waals surface area contributed by atoms with Crippen molar-refractivity contribution >= 4 is 11.6 Å². The largest absolute Gasteiger partial charge is 0.493 e. The van der Waals surface area contributed by atoms with Crippen molar-refractivity contribution in [3.8, 4) is 5.75 Å². The molecule has 0 aromatic heterocycles. The van der Waals surface area contributed by atoms with Gasteiger partial charge in [0, 0.05) is 18.2 Å². The third kappa shape index (κ3) is 2.88. The Kier molecular flexibility index (Phi) is 3.49. The van der Waals surface area contributed by atoms with E-state index in [1.54, 1.807) is 18.2 Å². The molecule has 1 aromatic rings. The zero-order valence-corrected chi connectivity index (χ0v) is 9.52. The van der Waals surface area contributed by atoms with Crippen LogP contribution in [0.4, 0.5) is 5.69 Å². The van der Waals surface area contributed by atoms with Crippen LogP contribution in [0.25, 0.3) is 0 Å². The van der Waals surface area contributed by atoms with E-state index in [4.69, 9.17) is 20.9 Å². The molecule has 1 aliphatic rings. The summed E-state index contributed by atoms with van der Waals surface area (Å²) in [4.78, 5) is 11.1. The van der Waals surface area contributed by atoms with Crippen LogP contribution < -0.4 is 16.2 Å². The highest BCUT2D eigenvalue weighted by atomic mass is 16.5. The summed E-state index contributed by atoms with van der Waals surface area (Å²) in [7, 11) is 0. The number of ether oxygens (including phenoxy) is 2. The summed E-state index contributed by atoms with van der Waals surface area (Å²) in [5.41, 5.74) is 11.5. The van der Waals surface area contributed by atoms with Crippen LogP contribution in [-0.4, -0.2) is 25.7 Å². The average molecular weight is 236 g/mol. The van der Waals surface area contributed by atoms with Crippen molar-refractivity contribution in [1.29, 1.82) is 0 Å². The lowest BCUT2D eigenvalue weighted by molar-refractivity contribution is 0.100. The lowest BCUT2D eigenvalue weighted by Gasteiger charge is -2.11. The molecule has 0 bridgehead atoms. The summed E-state index contributed by atoms with van der Waals surface area (Å²) in [6, 6.07) is 4.94. The van der Waals surface area contributed by atoms with Crippen LogP contribution in [0.15, 0.2) is 18.2 Å². The van der Waals surface area contributed by atoms with Crippen LogP contribution in [0.1, 0.15) is 16.8 Å². The van der Waals surface area contributed by atoms with Gasteiger partial charge in [0.25, 0.3) is 5.91 Å². The van der Waals surface area contributed by atoms with Gasteiger partial charge in [-0.25, -0.2) is 0 Å². The molecular formula is C12H16N2O3. The molecule has 1 atom stereocenters. The van der Waals surface area contributed by atoms with Crippen molar-refractivity contribution in [2.75, 3.05) is 25.6 Å². The normalized spacial score (nSPS) is 19.2. The van der Waals surface area contributed by atoms with Gasteiger partial charge >= 0.3 is 0 Å². The van der Waals surface area contributed by atoms with Gasteiger partial charge in [0.15, 0.2) is 0 Å². The van der Waals surface area contributed by atoms with Crippen molar-refractivity contribution in [3.63, 3.8) is 0 Å². The second-order valence-corrected chi connectivity index (χ2v) is 4.15. The van der Waals surface area contributed by atoms with Crippen LogP contribution in [0.2, 0.25) is 0 Å². The second-order valence-electron chi connectivity index (χ2n) is 4.15. The molecular weight excluding hydrogens is 220 g/mol. The van der Waals surface area contributed by atoms with Crippen molar-refractivity contribution in [3.05, 3.63) is 23.8 Å². The van der Waals surface area contributed by atoms with E-state index in [0.717, 1.165) is 19.6 Å². The molecule has 92 valence electrons. The molecule has 1 aromatic carbocycles. The quantitative estimate of drug-likeness (QED) is 0.756.